The number of halogens is 1. The zero-order valence-electron chi connectivity index (χ0n) is 10.4. The van der Waals surface area contributed by atoms with Crippen molar-refractivity contribution in [3.63, 3.8) is 0 Å². The highest BCUT2D eigenvalue weighted by Crippen LogP contribution is 2.31. The molecule has 3 N–H and O–H groups in total. The molecule has 1 aromatic rings. The van der Waals surface area contributed by atoms with E-state index >= 15 is 0 Å². The number of hydrogen-bond donors (Lipinski definition) is 2. The number of nitrogens with one attached hydrogen (secondary N) is 1. The molecule has 0 saturated carbocycles. The Bertz CT molecular complexity index is 491. The first-order valence-electron chi connectivity index (χ1n) is 5.31. The number of carbonyl (C=O) groups excluding carboxylic acids is 1. The first kappa shape index (κ1) is 14.7. The highest BCUT2D eigenvalue weighted by Gasteiger charge is 2.17. The number of aryl methyl sites for hydroxylation is 1. The SMILES string of the molecule is COc1cc(Cl)c(C)cc1NC(=O)C(C)C(N)=S. The monoisotopic (exact) mass is 286 g/mol. The van der Waals surface area contributed by atoms with Crippen LogP contribution in [0.15, 0.2) is 12.1 Å². The van der Waals surface area contributed by atoms with Crippen molar-refractivity contribution in [3.8, 4) is 5.75 Å². The van der Waals surface area contributed by atoms with Crippen LogP contribution in [0.25, 0.3) is 0 Å². The third-order valence-corrected chi connectivity index (χ3v) is 3.32. The molecule has 0 aromatic heterocycles. The predicted molar refractivity (Wildman–Crippen MR) is 77.3 cm³/mol. The molecule has 18 heavy (non-hydrogen) atoms. The van der Waals surface area contributed by atoms with Crippen molar-refractivity contribution in [1.82, 2.24) is 0 Å². The molecule has 1 aromatic carbocycles. The van der Waals surface area contributed by atoms with Gasteiger partial charge in [-0.2, -0.15) is 0 Å². The molecule has 0 aliphatic heterocycles. The number of ether oxygens (including phenoxy) is 1. The van der Waals surface area contributed by atoms with Crippen LogP contribution in [0.4, 0.5) is 5.69 Å². The molecule has 0 spiro atoms. The van der Waals surface area contributed by atoms with Crippen LogP contribution >= 0.6 is 23.8 Å². The van der Waals surface area contributed by atoms with E-state index in [-0.39, 0.29) is 10.9 Å². The second kappa shape index (κ2) is 6.02. The molecule has 0 bridgehead atoms. The van der Waals surface area contributed by atoms with Crippen LogP contribution in [0.5, 0.6) is 5.75 Å². The van der Waals surface area contributed by atoms with Gasteiger partial charge in [-0.25, -0.2) is 0 Å². The van der Waals surface area contributed by atoms with Gasteiger partial charge in [0, 0.05) is 11.1 Å². The van der Waals surface area contributed by atoms with Crippen LogP contribution in [-0.4, -0.2) is 18.0 Å². The smallest absolute Gasteiger partial charge is 0.234 e. The molecule has 4 nitrogen and oxygen atoms in total. The van der Waals surface area contributed by atoms with E-state index in [9.17, 15) is 4.79 Å². The van der Waals surface area contributed by atoms with Crippen LogP contribution < -0.4 is 15.8 Å². The normalized spacial score (nSPS) is 11.8. The number of nitrogens with two attached hydrogens (primary N) is 1. The molecular weight excluding hydrogens is 272 g/mol. The Morgan fingerprint density at radius 3 is 2.67 bits per heavy atom. The number of rotatable bonds is 4. The number of hydrogen-bond acceptors (Lipinski definition) is 3. The van der Waals surface area contributed by atoms with E-state index in [1.165, 1.54) is 7.11 Å². The van der Waals surface area contributed by atoms with Gasteiger partial charge in [0.05, 0.1) is 23.7 Å². The van der Waals surface area contributed by atoms with Crippen molar-refractivity contribution < 1.29 is 9.53 Å². The quantitative estimate of drug-likeness (QED) is 0.835. The van der Waals surface area contributed by atoms with Crippen molar-refractivity contribution in [2.75, 3.05) is 12.4 Å². The lowest BCUT2D eigenvalue weighted by Gasteiger charge is -2.14. The molecule has 0 heterocycles. The van der Waals surface area contributed by atoms with E-state index in [4.69, 9.17) is 34.3 Å². The standard InChI is InChI=1S/C12H15ClN2O2S/c1-6-4-9(10(17-3)5-8(6)13)15-12(16)7(2)11(14)18/h4-5,7H,1-3H3,(H2,14,18)(H,15,16). The summed E-state index contributed by atoms with van der Waals surface area (Å²) in [5.74, 6) is -0.322. The van der Waals surface area contributed by atoms with Gasteiger partial charge in [-0.05, 0) is 25.5 Å². The summed E-state index contributed by atoms with van der Waals surface area (Å²) in [5.41, 5.74) is 6.83. The molecule has 1 rings (SSSR count). The summed E-state index contributed by atoms with van der Waals surface area (Å²) in [6.07, 6.45) is 0. The maximum absolute atomic E-state index is 11.9. The predicted octanol–water partition coefficient (Wildman–Crippen LogP) is 2.52. The van der Waals surface area contributed by atoms with Gasteiger partial charge in [0.15, 0.2) is 0 Å². The molecule has 1 amide bonds. The molecule has 0 saturated heterocycles. The number of benzene rings is 1. The molecule has 98 valence electrons. The Morgan fingerprint density at radius 2 is 2.17 bits per heavy atom. The van der Waals surface area contributed by atoms with Gasteiger partial charge >= 0.3 is 0 Å². The molecule has 0 aliphatic carbocycles. The second-order valence-corrected chi connectivity index (χ2v) is 4.79. The van der Waals surface area contributed by atoms with Crippen LogP contribution in [-0.2, 0) is 4.79 Å². The summed E-state index contributed by atoms with van der Waals surface area (Å²) in [7, 11) is 1.51. The van der Waals surface area contributed by atoms with Gasteiger partial charge in [-0.15, -0.1) is 0 Å². The van der Waals surface area contributed by atoms with Crippen molar-refractivity contribution in [2.45, 2.75) is 13.8 Å². The Hall–Kier alpha value is -1.33. The van der Waals surface area contributed by atoms with E-state index in [1.807, 2.05) is 6.92 Å². The molecule has 0 radical (unpaired) electrons. The Balaban J connectivity index is 3.00. The van der Waals surface area contributed by atoms with Gasteiger partial charge < -0.3 is 15.8 Å². The summed E-state index contributed by atoms with van der Waals surface area (Å²) in [4.78, 5) is 12.0. The number of anilines is 1. The number of methoxy groups -OCH3 is 1. The highest BCUT2D eigenvalue weighted by atomic mass is 35.5. The van der Waals surface area contributed by atoms with Gasteiger partial charge in [0.2, 0.25) is 5.91 Å². The van der Waals surface area contributed by atoms with Gasteiger partial charge in [0.25, 0.3) is 0 Å². The summed E-state index contributed by atoms with van der Waals surface area (Å²) < 4.78 is 5.16. The third-order valence-electron chi connectivity index (χ3n) is 2.56. The lowest BCUT2D eigenvalue weighted by atomic mass is 10.1. The van der Waals surface area contributed by atoms with E-state index in [0.29, 0.717) is 16.5 Å². The maximum atomic E-state index is 11.9. The summed E-state index contributed by atoms with van der Waals surface area (Å²) in [6.45, 7) is 3.49. The zero-order chi connectivity index (χ0) is 13.9. The van der Waals surface area contributed by atoms with Crippen molar-refractivity contribution in [1.29, 1.82) is 0 Å². The Labute approximate surface area is 116 Å². The minimum absolute atomic E-state index is 0.150. The lowest BCUT2D eigenvalue weighted by molar-refractivity contribution is -0.117. The van der Waals surface area contributed by atoms with Gasteiger partial charge in [-0.1, -0.05) is 23.8 Å². The first-order chi connectivity index (χ1) is 8.36. The number of carbonyl (C=O) groups is 1. The maximum Gasteiger partial charge on any atom is 0.234 e. The first-order valence-corrected chi connectivity index (χ1v) is 6.09. The van der Waals surface area contributed by atoms with Crippen LogP contribution in [0, 0.1) is 12.8 Å². The fourth-order valence-electron chi connectivity index (χ4n) is 1.30. The zero-order valence-corrected chi connectivity index (χ0v) is 12.0. The van der Waals surface area contributed by atoms with Crippen molar-refractivity contribution in [2.24, 2.45) is 11.7 Å². The average Bonchev–Trinajstić information content (AvgIpc) is 2.32. The summed E-state index contributed by atoms with van der Waals surface area (Å²) >= 11 is 10.8. The van der Waals surface area contributed by atoms with Gasteiger partial charge in [0.1, 0.15) is 5.75 Å². The van der Waals surface area contributed by atoms with E-state index < -0.39 is 5.92 Å². The van der Waals surface area contributed by atoms with Crippen LogP contribution in [0.2, 0.25) is 5.02 Å². The van der Waals surface area contributed by atoms with E-state index in [2.05, 4.69) is 5.32 Å². The second-order valence-electron chi connectivity index (χ2n) is 3.91. The van der Waals surface area contributed by atoms with Crippen molar-refractivity contribution in [3.05, 3.63) is 22.7 Å². The minimum atomic E-state index is -0.541. The largest absolute Gasteiger partial charge is 0.495 e. The molecule has 0 fully saturated rings. The van der Waals surface area contributed by atoms with Gasteiger partial charge in [-0.3, -0.25) is 4.79 Å². The summed E-state index contributed by atoms with van der Waals surface area (Å²) in [6, 6.07) is 3.39. The average molecular weight is 287 g/mol. The number of thiocarbonyl (C=S) groups is 1. The molecule has 1 unspecified atom stereocenters. The van der Waals surface area contributed by atoms with E-state index in [1.54, 1.807) is 19.1 Å². The topological polar surface area (TPSA) is 64.3 Å². The number of amides is 1. The molecule has 6 heteroatoms. The fraction of sp³-hybridized carbons (Fsp3) is 0.333. The van der Waals surface area contributed by atoms with Crippen molar-refractivity contribution >= 4 is 40.4 Å². The van der Waals surface area contributed by atoms with Crippen LogP contribution in [0.1, 0.15) is 12.5 Å². The van der Waals surface area contributed by atoms with Crippen LogP contribution in [0.3, 0.4) is 0 Å². The molecule has 0 aliphatic rings. The third kappa shape index (κ3) is 3.34. The fourth-order valence-corrected chi connectivity index (χ4v) is 1.56. The molecular formula is C12H15ClN2O2S. The summed E-state index contributed by atoms with van der Waals surface area (Å²) in [5, 5.41) is 3.30. The minimum Gasteiger partial charge on any atom is -0.495 e. The van der Waals surface area contributed by atoms with E-state index in [0.717, 1.165) is 5.56 Å². The lowest BCUT2D eigenvalue weighted by Crippen LogP contribution is -2.30. The Kier molecular flexibility index (Phi) is 4.93. The molecule has 1 atom stereocenters. The Morgan fingerprint density at radius 1 is 1.56 bits per heavy atom. The highest BCUT2D eigenvalue weighted by molar-refractivity contribution is 7.80.